The summed E-state index contributed by atoms with van der Waals surface area (Å²) in [5, 5.41) is 0. The van der Waals surface area contributed by atoms with Gasteiger partial charge in [-0.2, -0.15) is 0 Å². The van der Waals surface area contributed by atoms with Gasteiger partial charge >= 0.3 is 0 Å². The summed E-state index contributed by atoms with van der Waals surface area (Å²) >= 11 is 0. The molecule has 0 heterocycles. The highest BCUT2D eigenvalue weighted by molar-refractivity contribution is 5.92. The first-order chi connectivity index (χ1) is 10.4. The van der Waals surface area contributed by atoms with Crippen molar-refractivity contribution in [1.82, 2.24) is 0 Å². The van der Waals surface area contributed by atoms with Gasteiger partial charge in [-0.05, 0) is 73.3 Å². The first kappa shape index (κ1) is 16.2. The summed E-state index contributed by atoms with van der Waals surface area (Å²) in [4.78, 5) is 11.8. The Morgan fingerprint density at radius 2 is 2.00 bits per heavy atom. The molecule has 5 atom stereocenters. The third-order valence-corrected chi connectivity index (χ3v) is 7.49. The monoisotopic (exact) mass is 303 g/mol. The molecular formula is C20H33NO. The average molecular weight is 303 g/mol. The number of ketones is 1. The molecular weight excluding hydrogens is 270 g/mol. The Balaban J connectivity index is 1.93. The Morgan fingerprint density at radius 1 is 1.23 bits per heavy atom. The SMILES string of the molecule is CCCC1C2CCC3=CC(=O)CCC3(N)C2CCC1(C)CC. The molecule has 124 valence electrons. The highest BCUT2D eigenvalue weighted by atomic mass is 16.1. The van der Waals surface area contributed by atoms with Crippen molar-refractivity contribution >= 4 is 5.78 Å². The van der Waals surface area contributed by atoms with Crippen LogP contribution in [0.3, 0.4) is 0 Å². The summed E-state index contributed by atoms with van der Waals surface area (Å²) in [6.45, 7) is 7.21. The number of fused-ring (bicyclic) bond motifs is 3. The number of hydrogen-bond acceptors (Lipinski definition) is 2. The minimum absolute atomic E-state index is 0.169. The van der Waals surface area contributed by atoms with E-state index in [-0.39, 0.29) is 5.54 Å². The number of hydrogen-bond donors (Lipinski definition) is 1. The van der Waals surface area contributed by atoms with Gasteiger partial charge in [0.05, 0.1) is 0 Å². The maximum Gasteiger partial charge on any atom is 0.155 e. The van der Waals surface area contributed by atoms with Crippen LogP contribution in [-0.2, 0) is 4.79 Å². The molecule has 2 heteroatoms. The van der Waals surface area contributed by atoms with Crippen LogP contribution in [0.5, 0.6) is 0 Å². The van der Waals surface area contributed by atoms with Crippen molar-refractivity contribution in [3.05, 3.63) is 11.6 Å². The van der Waals surface area contributed by atoms with E-state index in [9.17, 15) is 4.79 Å². The number of carbonyl (C=O) groups excluding carboxylic acids is 1. The van der Waals surface area contributed by atoms with E-state index < -0.39 is 0 Å². The van der Waals surface area contributed by atoms with Gasteiger partial charge in [-0.15, -0.1) is 0 Å². The van der Waals surface area contributed by atoms with Crippen LogP contribution in [0.1, 0.15) is 78.6 Å². The number of carbonyl (C=O) groups is 1. The Morgan fingerprint density at radius 3 is 2.68 bits per heavy atom. The number of allylic oxidation sites excluding steroid dienone is 1. The van der Waals surface area contributed by atoms with Crippen LogP contribution in [0.2, 0.25) is 0 Å². The fourth-order valence-electron chi connectivity index (χ4n) is 5.98. The van der Waals surface area contributed by atoms with Crippen molar-refractivity contribution in [2.24, 2.45) is 28.9 Å². The van der Waals surface area contributed by atoms with Gasteiger partial charge in [-0.25, -0.2) is 0 Å². The first-order valence-electron chi connectivity index (χ1n) is 9.47. The van der Waals surface area contributed by atoms with Crippen LogP contribution in [0.4, 0.5) is 0 Å². The topological polar surface area (TPSA) is 43.1 Å². The van der Waals surface area contributed by atoms with Crippen molar-refractivity contribution in [3.8, 4) is 0 Å². The predicted octanol–water partition coefficient (Wildman–Crippen LogP) is 4.63. The molecule has 3 aliphatic carbocycles. The summed E-state index contributed by atoms with van der Waals surface area (Å²) in [7, 11) is 0. The number of rotatable bonds is 3. The fourth-order valence-corrected chi connectivity index (χ4v) is 5.98. The molecule has 5 unspecified atom stereocenters. The highest BCUT2D eigenvalue weighted by Crippen LogP contribution is 2.59. The van der Waals surface area contributed by atoms with Gasteiger partial charge in [0.15, 0.2) is 5.78 Å². The molecule has 0 aromatic heterocycles. The van der Waals surface area contributed by atoms with E-state index >= 15 is 0 Å². The van der Waals surface area contributed by atoms with Crippen LogP contribution >= 0.6 is 0 Å². The summed E-state index contributed by atoms with van der Waals surface area (Å²) in [6, 6.07) is 0. The van der Waals surface area contributed by atoms with Crippen molar-refractivity contribution in [1.29, 1.82) is 0 Å². The van der Waals surface area contributed by atoms with E-state index in [0.29, 0.717) is 23.5 Å². The molecule has 0 bridgehead atoms. The molecule has 22 heavy (non-hydrogen) atoms. The molecule has 0 radical (unpaired) electrons. The fraction of sp³-hybridized carbons (Fsp3) is 0.850. The largest absolute Gasteiger partial charge is 0.321 e. The lowest BCUT2D eigenvalue weighted by Gasteiger charge is -2.58. The van der Waals surface area contributed by atoms with Crippen molar-refractivity contribution in [2.45, 2.75) is 84.1 Å². The normalized spacial score (nSPS) is 45.0. The molecule has 0 aromatic carbocycles. The lowest BCUT2D eigenvalue weighted by atomic mass is 9.48. The Labute approximate surface area is 135 Å². The van der Waals surface area contributed by atoms with E-state index in [2.05, 4.69) is 20.8 Å². The standard InChI is InChI=1S/C20H33NO/c1-4-6-17-16-8-7-14-13-15(22)9-12-20(14,21)18(16)10-11-19(17,3)5-2/h13,16-18H,4-12,21H2,1-3H3. The van der Waals surface area contributed by atoms with Crippen LogP contribution in [0.15, 0.2) is 11.6 Å². The molecule has 0 saturated heterocycles. The molecule has 0 amide bonds. The quantitative estimate of drug-likeness (QED) is 0.826. The van der Waals surface area contributed by atoms with Gasteiger partial charge in [0, 0.05) is 12.0 Å². The molecule has 2 nitrogen and oxygen atoms in total. The molecule has 2 N–H and O–H groups in total. The Kier molecular flexibility index (Phi) is 4.26. The van der Waals surface area contributed by atoms with Gasteiger partial charge in [0.1, 0.15) is 0 Å². The second kappa shape index (κ2) is 5.78. The third kappa shape index (κ3) is 2.38. The molecule has 3 rings (SSSR count). The highest BCUT2D eigenvalue weighted by Gasteiger charge is 2.54. The van der Waals surface area contributed by atoms with Crippen LogP contribution in [0.25, 0.3) is 0 Å². The van der Waals surface area contributed by atoms with Crippen molar-refractivity contribution in [2.75, 3.05) is 0 Å². The van der Waals surface area contributed by atoms with Gasteiger partial charge in [-0.3, -0.25) is 4.79 Å². The van der Waals surface area contributed by atoms with E-state index in [4.69, 9.17) is 5.73 Å². The maximum absolute atomic E-state index is 11.8. The molecule has 3 aliphatic rings. The molecule has 0 aromatic rings. The zero-order chi connectivity index (χ0) is 16.0. The second-order valence-corrected chi connectivity index (χ2v) is 8.43. The summed E-state index contributed by atoms with van der Waals surface area (Å²) in [5.41, 5.74) is 8.56. The Bertz CT molecular complexity index is 482. The third-order valence-electron chi connectivity index (χ3n) is 7.49. The Hall–Kier alpha value is -0.630. The lowest BCUT2D eigenvalue weighted by Crippen LogP contribution is -2.60. The zero-order valence-corrected chi connectivity index (χ0v) is 14.7. The van der Waals surface area contributed by atoms with Gasteiger partial charge in [0.2, 0.25) is 0 Å². The number of nitrogens with two attached hydrogens (primary N) is 1. The van der Waals surface area contributed by atoms with Crippen molar-refractivity contribution < 1.29 is 4.79 Å². The molecule has 0 spiro atoms. The van der Waals surface area contributed by atoms with E-state index in [0.717, 1.165) is 24.7 Å². The van der Waals surface area contributed by atoms with E-state index in [1.807, 2.05) is 6.08 Å². The van der Waals surface area contributed by atoms with Crippen LogP contribution < -0.4 is 5.73 Å². The average Bonchev–Trinajstić information content (AvgIpc) is 2.51. The van der Waals surface area contributed by atoms with Gasteiger partial charge in [-0.1, -0.05) is 33.6 Å². The van der Waals surface area contributed by atoms with E-state index in [1.54, 1.807) is 0 Å². The lowest BCUT2D eigenvalue weighted by molar-refractivity contribution is -0.116. The van der Waals surface area contributed by atoms with Gasteiger partial charge < -0.3 is 5.73 Å². The maximum atomic E-state index is 11.8. The molecule has 2 fully saturated rings. The zero-order valence-electron chi connectivity index (χ0n) is 14.7. The summed E-state index contributed by atoms with van der Waals surface area (Å²) in [5.74, 6) is 2.50. The summed E-state index contributed by atoms with van der Waals surface area (Å²) in [6.07, 6.45) is 12.3. The minimum atomic E-state index is -0.169. The molecule has 2 saturated carbocycles. The molecule has 0 aliphatic heterocycles. The first-order valence-corrected chi connectivity index (χ1v) is 9.47. The smallest absolute Gasteiger partial charge is 0.155 e. The summed E-state index contributed by atoms with van der Waals surface area (Å²) < 4.78 is 0. The second-order valence-electron chi connectivity index (χ2n) is 8.43. The van der Waals surface area contributed by atoms with Crippen LogP contribution in [0, 0.1) is 23.2 Å². The predicted molar refractivity (Wildman–Crippen MR) is 91.5 cm³/mol. The van der Waals surface area contributed by atoms with E-state index in [1.165, 1.54) is 44.1 Å². The van der Waals surface area contributed by atoms with Gasteiger partial charge in [0.25, 0.3) is 0 Å². The van der Waals surface area contributed by atoms with Crippen molar-refractivity contribution in [3.63, 3.8) is 0 Å². The van der Waals surface area contributed by atoms with Crippen LogP contribution in [-0.4, -0.2) is 11.3 Å². The minimum Gasteiger partial charge on any atom is -0.321 e.